The number of hydrogen-bond donors (Lipinski definition) is 0. The monoisotopic (exact) mass is 537 g/mol. The van der Waals surface area contributed by atoms with Crippen LogP contribution in [0.4, 0.5) is 58.4 Å². The molecule has 3 aromatic rings. The molecule has 17 heteroatoms. The van der Waals surface area contributed by atoms with Crippen LogP contribution in [0.15, 0.2) is 0 Å². The zero-order valence-electron chi connectivity index (χ0n) is 16.6. The maximum Gasteiger partial charge on any atom is 0.346 e. The van der Waals surface area contributed by atoms with Crippen molar-refractivity contribution >= 4 is 5.69 Å². The highest BCUT2D eigenvalue weighted by Gasteiger charge is 2.37. The van der Waals surface area contributed by atoms with Crippen molar-refractivity contribution in [2.75, 3.05) is 0 Å². The largest absolute Gasteiger partial charge is 0.444 e. The lowest BCUT2D eigenvalue weighted by Crippen LogP contribution is -2.10. The van der Waals surface area contributed by atoms with Gasteiger partial charge in [0.2, 0.25) is 81.2 Å². The Morgan fingerprint density at radius 3 is 0.944 bits per heavy atom. The topological polar surface area (TPSA) is 61.6 Å². The summed E-state index contributed by atoms with van der Waals surface area (Å²) in [5.41, 5.74) is -3.63. The van der Waals surface area contributed by atoms with Gasteiger partial charge >= 0.3 is 5.69 Å². The second kappa shape index (κ2) is 9.12. The number of nitro benzene ring substituents is 1. The van der Waals surface area contributed by atoms with Crippen molar-refractivity contribution in [2.24, 2.45) is 0 Å². The van der Waals surface area contributed by atoms with Crippen molar-refractivity contribution in [3.63, 3.8) is 0 Å². The smallest absolute Gasteiger partial charge is 0.346 e. The fraction of sp³-hybridized carbons (Fsp3) is 0.0526. The molecular formula is C19H3F12NO4. The summed E-state index contributed by atoms with van der Waals surface area (Å²) in [5.74, 6) is -40.5. The summed E-state index contributed by atoms with van der Waals surface area (Å²) >= 11 is 0. The maximum absolute atomic E-state index is 14.3. The Bertz CT molecular complexity index is 1370. The van der Waals surface area contributed by atoms with Crippen molar-refractivity contribution in [1.29, 1.82) is 0 Å². The minimum atomic E-state index is -2.80. The third kappa shape index (κ3) is 3.89. The minimum absolute atomic E-state index is 0.551. The quantitative estimate of drug-likeness (QED) is 0.150. The van der Waals surface area contributed by atoms with Gasteiger partial charge in [-0.25, -0.2) is 8.78 Å². The van der Waals surface area contributed by atoms with Gasteiger partial charge in [0.25, 0.3) is 0 Å². The lowest BCUT2D eigenvalue weighted by Gasteiger charge is -2.15. The standard InChI is InChI=1S/C19H3F12NO4/c1-2-3(20)7(24)16(8(25)4(2)21)35-18-11(28)13(30)19(14(31)12(18)29)36-17-9(26)5(22)15(32(33)34)6(23)10(17)27/h1H3. The van der Waals surface area contributed by atoms with Gasteiger partial charge in [0.15, 0.2) is 11.6 Å². The van der Waals surface area contributed by atoms with E-state index in [-0.39, 0.29) is 0 Å². The molecule has 0 N–H and O–H groups in total. The van der Waals surface area contributed by atoms with Gasteiger partial charge in [-0.3, -0.25) is 10.1 Å². The van der Waals surface area contributed by atoms with E-state index in [9.17, 15) is 62.8 Å². The number of hydrogen-bond acceptors (Lipinski definition) is 4. The molecule has 0 spiro atoms. The molecule has 0 amide bonds. The summed E-state index contributed by atoms with van der Waals surface area (Å²) in [6.45, 7) is 0.551. The Morgan fingerprint density at radius 1 is 0.472 bits per heavy atom. The molecule has 0 radical (unpaired) electrons. The minimum Gasteiger partial charge on any atom is -0.444 e. The van der Waals surface area contributed by atoms with Crippen molar-refractivity contribution in [2.45, 2.75) is 6.92 Å². The van der Waals surface area contributed by atoms with Crippen LogP contribution in [0.25, 0.3) is 0 Å². The maximum atomic E-state index is 14.3. The normalized spacial score (nSPS) is 11.1. The first-order valence-corrected chi connectivity index (χ1v) is 8.67. The fourth-order valence-electron chi connectivity index (χ4n) is 2.64. The molecule has 192 valence electrons. The zero-order valence-corrected chi connectivity index (χ0v) is 16.6. The highest BCUT2D eigenvalue weighted by molar-refractivity contribution is 5.47. The van der Waals surface area contributed by atoms with E-state index < -0.39 is 109 Å². The van der Waals surface area contributed by atoms with Crippen LogP contribution in [-0.4, -0.2) is 4.92 Å². The van der Waals surface area contributed by atoms with Gasteiger partial charge in [0.05, 0.1) is 4.92 Å². The van der Waals surface area contributed by atoms with Gasteiger partial charge in [0, 0.05) is 5.56 Å². The lowest BCUT2D eigenvalue weighted by atomic mass is 10.2. The molecule has 0 bridgehead atoms. The molecule has 0 aliphatic heterocycles. The van der Waals surface area contributed by atoms with E-state index in [4.69, 9.17) is 0 Å². The third-order valence-electron chi connectivity index (χ3n) is 4.42. The Balaban J connectivity index is 2.18. The van der Waals surface area contributed by atoms with Gasteiger partial charge in [-0.2, -0.15) is 43.9 Å². The molecule has 3 aromatic carbocycles. The van der Waals surface area contributed by atoms with Crippen LogP contribution in [0, 0.1) is 86.8 Å². The van der Waals surface area contributed by atoms with Gasteiger partial charge in [0.1, 0.15) is 0 Å². The van der Waals surface area contributed by atoms with Crippen LogP contribution in [0.2, 0.25) is 0 Å². The third-order valence-corrected chi connectivity index (χ3v) is 4.42. The van der Waals surface area contributed by atoms with Gasteiger partial charge in [-0.05, 0) is 6.92 Å². The summed E-state index contributed by atoms with van der Waals surface area (Å²) in [7, 11) is 0. The molecule has 0 fully saturated rings. The Kier molecular flexibility index (Phi) is 6.69. The number of nitrogens with zero attached hydrogens (tertiary/aromatic N) is 1. The van der Waals surface area contributed by atoms with E-state index in [0.29, 0.717) is 6.92 Å². The molecular weight excluding hydrogens is 534 g/mol. The molecule has 0 atom stereocenters. The van der Waals surface area contributed by atoms with E-state index in [2.05, 4.69) is 9.47 Å². The fourth-order valence-corrected chi connectivity index (χ4v) is 2.64. The van der Waals surface area contributed by atoms with Crippen LogP contribution in [0.3, 0.4) is 0 Å². The number of ether oxygens (including phenoxy) is 2. The van der Waals surface area contributed by atoms with Crippen LogP contribution >= 0.6 is 0 Å². The van der Waals surface area contributed by atoms with Crippen LogP contribution in [0.1, 0.15) is 5.56 Å². The molecule has 0 aliphatic rings. The zero-order chi connectivity index (χ0) is 27.4. The molecule has 0 unspecified atom stereocenters. The Labute approximate surface area is 189 Å². The number of rotatable bonds is 5. The molecule has 0 saturated heterocycles. The summed E-state index contributed by atoms with van der Waals surface area (Å²) in [5, 5.41) is 10.5. The van der Waals surface area contributed by atoms with Crippen molar-refractivity contribution in [3.8, 4) is 23.0 Å². The predicted octanol–water partition coefficient (Wildman–Crippen LogP) is 7.16. The molecule has 36 heavy (non-hydrogen) atoms. The first-order valence-electron chi connectivity index (χ1n) is 8.67. The second-order valence-corrected chi connectivity index (χ2v) is 6.52. The first-order chi connectivity index (χ1) is 16.6. The van der Waals surface area contributed by atoms with E-state index in [1.165, 1.54) is 0 Å². The highest BCUT2D eigenvalue weighted by atomic mass is 19.2. The molecule has 0 aromatic heterocycles. The predicted molar refractivity (Wildman–Crippen MR) is 90.4 cm³/mol. The number of halogens is 12. The average Bonchev–Trinajstić information content (AvgIpc) is 2.83. The summed E-state index contributed by atoms with van der Waals surface area (Å²) in [4.78, 5) is 8.61. The molecule has 0 aliphatic carbocycles. The lowest BCUT2D eigenvalue weighted by molar-refractivity contribution is -0.390. The number of benzene rings is 3. The van der Waals surface area contributed by atoms with E-state index in [1.807, 2.05) is 0 Å². The molecule has 0 heterocycles. The van der Waals surface area contributed by atoms with Crippen molar-refractivity contribution in [3.05, 3.63) is 85.5 Å². The summed E-state index contributed by atoms with van der Waals surface area (Å²) in [6, 6.07) is 0. The Morgan fingerprint density at radius 2 is 0.694 bits per heavy atom. The van der Waals surface area contributed by atoms with Gasteiger partial charge in [-0.1, -0.05) is 0 Å². The highest BCUT2D eigenvalue weighted by Crippen LogP contribution is 2.43. The first kappa shape index (κ1) is 26.4. The van der Waals surface area contributed by atoms with Crippen molar-refractivity contribution < 1.29 is 67.1 Å². The summed E-state index contributed by atoms with van der Waals surface area (Å²) in [6.07, 6.45) is 0. The molecule has 0 saturated carbocycles. The van der Waals surface area contributed by atoms with Crippen LogP contribution in [0.5, 0.6) is 23.0 Å². The van der Waals surface area contributed by atoms with Crippen LogP contribution in [-0.2, 0) is 0 Å². The Hall–Kier alpha value is -4.18. The van der Waals surface area contributed by atoms with Gasteiger partial charge in [-0.15, -0.1) is 0 Å². The SMILES string of the molecule is Cc1c(F)c(F)c(Oc2c(F)c(F)c(Oc3c(F)c(F)c([N+](=O)[O-])c(F)c3F)c(F)c2F)c(F)c1F. The van der Waals surface area contributed by atoms with E-state index in [0.717, 1.165) is 0 Å². The number of nitro groups is 1. The average molecular weight is 537 g/mol. The van der Waals surface area contributed by atoms with E-state index in [1.54, 1.807) is 0 Å². The molecule has 5 nitrogen and oxygen atoms in total. The summed E-state index contributed by atoms with van der Waals surface area (Å²) < 4.78 is 175. The second-order valence-electron chi connectivity index (χ2n) is 6.52. The van der Waals surface area contributed by atoms with Crippen molar-refractivity contribution in [1.82, 2.24) is 0 Å². The van der Waals surface area contributed by atoms with E-state index >= 15 is 0 Å². The molecule has 3 rings (SSSR count). The van der Waals surface area contributed by atoms with Crippen LogP contribution < -0.4 is 9.47 Å². The van der Waals surface area contributed by atoms with Gasteiger partial charge < -0.3 is 9.47 Å².